The van der Waals surface area contributed by atoms with Gasteiger partial charge < -0.3 is 0 Å². The molecule has 1 saturated heterocycles. The number of aromatic nitrogens is 2. The first-order valence-corrected chi connectivity index (χ1v) is 7.64. The summed E-state index contributed by atoms with van der Waals surface area (Å²) in [5.74, 6) is 0. The zero-order valence-electron chi connectivity index (χ0n) is 12.9. The van der Waals surface area contributed by atoms with Gasteiger partial charge in [0.25, 0.3) is 0 Å². The maximum atomic E-state index is 8.98. The predicted molar refractivity (Wildman–Crippen MR) is 86.9 cm³/mol. The fraction of sp³-hybridized carbons (Fsp3) is 0.333. The number of nitriles is 1. The van der Waals surface area contributed by atoms with E-state index in [0.717, 1.165) is 38.2 Å². The first kappa shape index (κ1) is 14.6. The molecule has 1 aliphatic rings. The molecule has 4 nitrogen and oxygen atoms in total. The van der Waals surface area contributed by atoms with Crippen LogP contribution in [0.5, 0.6) is 0 Å². The van der Waals surface area contributed by atoms with Crippen molar-refractivity contribution in [3.8, 4) is 6.07 Å². The van der Waals surface area contributed by atoms with Gasteiger partial charge in [0.15, 0.2) is 0 Å². The minimum atomic E-state index is 0.622. The van der Waals surface area contributed by atoms with Crippen LogP contribution in [0.4, 0.5) is 0 Å². The monoisotopic (exact) mass is 292 g/mol. The lowest BCUT2D eigenvalue weighted by atomic mass is 10.0. The van der Waals surface area contributed by atoms with E-state index in [1.165, 1.54) is 11.1 Å². The van der Waals surface area contributed by atoms with Gasteiger partial charge in [-0.2, -0.15) is 10.4 Å². The maximum absolute atomic E-state index is 8.98. The van der Waals surface area contributed by atoms with Gasteiger partial charge in [-0.1, -0.05) is 42.0 Å². The molecule has 2 aromatic rings. The third kappa shape index (κ3) is 3.44. The minimum absolute atomic E-state index is 0.622. The highest BCUT2D eigenvalue weighted by molar-refractivity contribution is 5.52. The summed E-state index contributed by atoms with van der Waals surface area (Å²) in [5.41, 5.74) is 4.40. The Balaban J connectivity index is 1.58. The lowest BCUT2D eigenvalue weighted by molar-refractivity contribution is 0.245. The Morgan fingerprint density at radius 3 is 2.59 bits per heavy atom. The molecule has 0 spiro atoms. The molecule has 0 aliphatic carbocycles. The number of piperidine rings is 1. The number of hydrogen-bond donors (Lipinski definition) is 0. The summed E-state index contributed by atoms with van der Waals surface area (Å²) < 4.78 is 1.65. The SMILES string of the molecule is Cn1nc(CN2CCC(=Cc3ccccc3)CC2)cc1C#N. The Morgan fingerprint density at radius 2 is 1.95 bits per heavy atom. The van der Waals surface area contributed by atoms with Crippen molar-refractivity contribution in [3.05, 3.63) is 58.9 Å². The molecule has 0 saturated carbocycles. The van der Waals surface area contributed by atoms with Gasteiger partial charge in [0, 0.05) is 26.7 Å². The van der Waals surface area contributed by atoms with E-state index in [2.05, 4.69) is 46.4 Å². The van der Waals surface area contributed by atoms with Gasteiger partial charge in [-0.3, -0.25) is 9.58 Å². The van der Waals surface area contributed by atoms with Crippen LogP contribution in [-0.2, 0) is 13.6 Å². The summed E-state index contributed by atoms with van der Waals surface area (Å²) in [6.07, 6.45) is 4.52. The normalized spacial score (nSPS) is 15.5. The van der Waals surface area contributed by atoms with E-state index in [4.69, 9.17) is 5.26 Å². The van der Waals surface area contributed by atoms with Gasteiger partial charge in [-0.15, -0.1) is 0 Å². The largest absolute Gasteiger partial charge is 0.297 e. The fourth-order valence-electron chi connectivity index (χ4n) is 2.87. The van der Waals surface area contributed by atoms with Gasteiger partial charge in [-0.05, 0) is 24.5 Å². The van der Waals surface area contributed by atoms with Crippen molar-refractivity contribution in [1.29, 1.82) is 5.26 Å². The van der Waals surface area contributed by atoms with Crippen LogP contribution < -0.4 is 0 Å². The highest BCUT2D eigenvalue weighted by atomic mass is 15.3. The van der Waals surface area contributed by atoms with Gasteiger partial charge in [0.1, 0.15) is 11.8 Å². The minimum Gasteiger partial charge on any atom is -0.297 e. The standard InChI is InChI=1S/C18H20N4/c1-21-18(13-19)12-17(20-21)14-22-9-7-16(8-10-22)11-15-5-3-2-4-6-15/h2-6,11-12H,7-10,14H2,1H3. The second-order valence-electron chi connectivity index (χ2n) is 5.75. The van der Waals surface area contributed by atoms with Gasteiger partial charge in [0.2, 0.25) is 0 Å². The molecule has 0 unspecified atom stereocenters. The first-order chi connectivity index (χ1) is 10.7. The molecule has 3 rings (SSSR count). The molecule has 2 heterocycles. The smallest absolute Gasteiger partial charge is 0.138 e. The van der Waals surface area contributed by atoms with E-state index in [0.29, 0.717) is 5.69 Å². The number of aryl methyl sites for hydroxylation is 1. The van der Waals surface area contributed by atoms with Gasteiger partial charge in [0.05, 0.1) is 5.69 Å². The van der Waals surface area contributed by atoms with Crippen molar-refractivity contribution < 1.29 is 0 Å². The van der Waals surface area contributed by atoms with E-state index < -0.39 is 0 Å². The van der Waals surface area contributed by atoms with Crippen molar-refractivity contribution in [2.24, 2.45) is 7.05 Å². The summed E-state index contributed by atoms with van der Waals surface area (Å²) in [4.78, 5) is 2.41. The molecule has 0 radical (unpaired) electrons. The van der Waals surface area contributed by atoms with Crippen molar-refractivity contribution in [3.63, 3.8) is 0 Å². The summed E-state index contributed by atoms with van der Waals surface area (Å²) in [6, 6.07) is 14.5. The summed E-state index contributed by atoms with van der Waals surface area (Å²) in [7, 11) is 1.82. The molecule has 0 atom stereocenters. The van der Waals surface area contributed by atoms with Gasteiger partial charge >= 0.3 is 0 Å². The Labute approximate surface area is 131 Å². The van der Waals surface area contributed by atoms with Crippen LogP contribution in [0, 0.1) is 11.3 Å². The molecular weight excluding hydrogens is 272 g/mol. The predicted octanol–water partition coefficient (Wildman–Crippen LogP) is 2.97. The second-order valence-corrected chi connectivity index (χ2v) is 5.75. The van der Waals surface area contributed by atoms with Crippen molar-refractivity contribution in [2.75, 3.05) is 13.1 Å². The van der Waals surface area contributed by atoms with E-state index in [1.54, 1.807) is 4.68 Å². The van der Waals surface area contributed by atoms with Gasteiger partial charge in [-0.25, -0.2) is 0 Å². The summed E-state index contributed by atoms with van der Waals surface area (Å²) >= 11 is 0. The van der Waals surface area contributed by atoms with E-state index >= 15 is 0 Å². The van der Waals surface area contributed by atoms with Crippen LogP contribution in [0.15, 0.2) is 42.0 Å². The molecule has 0 amide bonds. The lowest BCUT2D eigenvalue weighted by Crippen LogP contribution is -2.30. The molecular formula is C18H20N4. The molecule has 4 heteroatoms. The maximum Gasteiger partial charge on any atom is 0.138 e. The lowest BCUT2D eigenvalue weighted by Gasteiger charge is -2.27. The molecule has 1 aromatic carbocycles. The summed E-state index contributed by atoms with van der Waals surface area (Å²) in [5, 5.41) is 13.4. The topological polar surface area (TPSA) is 44.9 Å². The average molecular weight is 292 g/mol. The van der Waals surface area contributed by atoms with Crippen LogP contribution >= 0.6 is 0 Å². The quantitative estimate of drug-likeness (QED) is 0.873. The molecule has 1 aliphatic heterocycles. The van der Waals surface area contributed by atoms with E-state index in [-0.39, 0.29) is 0 Å². The van der Waals surface area contributed by atoms with Crippen LogP contribution in [0.1, 0.15) is 29.8 Å². The second kappa shape index (κ2) is 6.59. The zero-order valence-corrected chi connectivity index (χ0v) is 12.9. The Hall–Kier alpha value is -2.38. The third-order valence-electron chi connectivity index (χ3n) is 4.10. The number of benzene rings is 1. The highest BCUT2D eigenvalue weighted by Gasteiger charge is 2.16. The number of rotatable bonds is 3. The van der Waals surface area contributed by atoms with Crippen LogP contribution in [0.3, 0.4) is 0 Å². The molecule has 112 valence electrons. The Kier molecular flexibility index (Phi) is 4.36. The summed E-state index contributed by atoms with van der Waals surface area (Å²) in [6.45, 7) is 2.93. The molecule has 0 N–H and O–H groups in total. The van der Waals surface area contributed by atoms with Crippen molar-refractivity contribution >= 4 is 6.08 Å². The Bertz CT molecular complexity index is 696. The number of hydrogen-bond acceptors (Lipinski definition) is 3. The third-order valence-corrected chi connectivity index (χ3v) is 4.10. The van der Waals surface area contributed by atoms with Crippen LogP contribution in [0.2, 0.25) is 0 Å². The Morgan fingerprint density at radius 1 is 1.23 bits per heavy atom. The molecule has 22 heavy (non-hydrogen) atoms. The highest BCUT2D eigenvalue weighted by Crippen LogP contribution is 2.20. The molecule has 1 fully saturated rings. The number of nitrogens with zero attached hydrogens (tertiary/aromatic N) is 4. The first-order valence-electron chi connectivity index (χ1n) is 7.64. The van der Waals surface area contributed by atoms with Crippen LogP contribution in [0.25, 0.3) is 6.08 Å². The zero-order chi connectivity index (χ0) is 15.4. The average Bonchev–Trinajstić information content (AvgIpc) is 2.90. The van der Waals surface area contributed by atoms with Crippen molar-refractivity contribution in [2.45, 2.75) is 19.4 Å². The molecule has 0 bridgehead atoms. The van der Waals surface area contributed by atoms with E-state index in [1.807, 2.05) is 19.2 Å². The van der Waals surface area contributed by atoms with Crippen LogP contribution in [-0.4, -0.2) is 27.8 Å². The van der Waals surface area contributed by atoms with E-state index in [9.17, 15) is 0 Å². The van der Waals surface area contributed by atoms with Crippen molar-refractivity contribution in [1.82, 2.24) is 14.7 Å². The molecule has 1 aromatic heterocycles. The fourth-order valence-corrected chi connectivity index (χ4v) is 2.87. The number of likely N-dealkylation sites (tertiary alicyclic amines) is 1.